The zero-order valence-electron chi connectivity index (χ0n) is 13.3. The molecule has 0 aliphatic carbocycles. The van der Waals surface area contributed by atoms with Gasteiger partial charge in [-0.3, -0.25) is 5.32 Å². The second-order valence-corrected chi connectivity index (χ2v) is 5.97. The van der Waals surface area contributed by atoms with Crippen molar-refractivity contribution in [1.29, 1.82) is 0 Å². The highest BCUT2D eigenvalue weighted by Gasteiger charge is 2.39. The number of quaternary nitrogens is 1. The minimum Gasteiger partial charge on any atom is -1.00 e. The van der Waals surface area contributed by atoms with E-state index in [9.17, 15) is 0 Å². The van der Waals surface area contributed by atoms with Gasteiger partial charge in [0.2, 0.25) is 0 Å². The maximum atomic E-state index is 4.31. The average molecular weight is 428 g/mol. The van der Waals surface area contributed by atoms with Crippen LogP contribution in [0.3, 0.4) is 0 Å². The fourth-order valence-electron chi connectivity index (χ4n) is 3.20. The maximum absolute atomic E-state index is 4.31. The molecule has 1 aliphatic rings. The van der Waals surface area contributed by atoms with Gasteiger partial charge in [0.05, 0.1) is 13.6 Å². The minimum absolute atomic E-state index is 0. The van der Waals surface area contributed by atoms with Crippen LogP contribution in [0.15, 0.2) is 25.3 Å². The number of piperazine rings is 1. The molecule has 8 nitrogen and oxygen atoms in total. The monoisotopic (exact) mass is 428 g/mol. The summed E-state index contributed by atoms with van der Waals surface area (Å²) in [6.45, 7) is 5.20. The smallest absolute Gasteiger partial charge is 0.154 e. The molecule has 124 valence electrons. The first-order valence-electron chi connectivity index (χ1n) is 7.53. The summed E-state index contributed by atoms with van der Waals surface area (Å²) in [5.74, 6) is 1.54. The first-order chi connectivity index (χ1) is 10.7. The van der Waals surface area contributed by atoms with Crippen LogP contribution in [-0.4, -0.2) is 61.1 Å². The van der Waals surface area contributed by atoms with Crippen molar-refractivity contribution in [3.63, 3.8) is 0 Å². The third kappa shape index (κ3) is 4.36. The Morgan fingerprint density at radius 3 is 1.78 bits per heavy atom. The minimum atomic E-state index is 0. The van der Waals surface area contributed by atoms with Gasteiger partial charge in [-0.25, -0.2) is 29.9 Å². The summed E-state index contributed by atoms with van der Waals surface area (Å²) in [7, 11) is 2.27. The van der Waals surface area contributed by atoms with E-state index in [0.717, 1.165) is 42.2 Å². The lowest BCUT2D eigenvalue weighted by molar-refractivity contribution is -0.918. The zero-order valence-corrected chi connectivity index (χ0v) is 15.5. The summed E-state index contributed by atoms with van der Waals surface area (Å²) in [4.78, 5) is 25.0. The van der Waals surface area contributed by atoms with Crippen LogP contribution < -0.4 is 29.3 Å². The number of nitrogens with one attached hydrogen (secondary N) is 1. The molecule has 23 heavy (non-hydrogen) atoms. The molecule has 1 fully saturated rings. The van der Waals surface area contributed by atoms with Gasteiger partial charge in [-0.1, -0.05) is 6.92 Å². The number of halogens is 1. The highest BCUT2D eigenvalue weighted by atomic mass is 127. The molecule has 3 heterocycles. The van der Waals surface area contributed by atoms with Crippen molar-refractivity contribution >= 4 is 0 Å². The molecular formula is C14H21IN8. The molecule has 0 aromatic carbocycles. The number of hydrogen-bond acceptors (Lipinski definition) is 7. The lowest BCUT2D eigenvalue weighted by Crippen LogP contribution is -3.00. The Kier molecular flexibility index (Phi) is 6.25. The van der Waals surface area contributed by atoms with Gasteiger partial charge >= 0.3 is 0 Å². The summed E-state index contributed by atoms with van der Waals surface area (Å²) >= 11 is 0. The Morgan fingerprint density at radius 2 is 1.39 bits per heavy atom. The van der Waals surface area contributed by atoms with Gasteiger partial charge in [0, 0.05) is 0 Å². The van der Waals surface area contributed by atoms with Gasteiger partial charge in [0.1, 0.15) is 50.5 Å². The second-order valence-electron chi connectivity index (χ2n) is 5.97. The van der Waals surface area contributed by atoms with Gasteiger partial charge < -0.3 is 28.5 Å². The van der Waals surface area contributed by atoms with E-state index in [4.69, 9.17) is 0 Å². The predicted octanol–water partition coefficient (Wildman–Crippen LogP) is -2.70. The van der Waals surface area contributed by atoms with Crippen LogP contribution in [0.5, 0.6) is 0 Å². The van der Waals surface area contributed by atoms with Gasteiger partial charge in [-0.2, -0.15) is 0 Å². The molecule has 9 heteroatoms. The van der Waals surface area contributed by atoms with Crippen molar-refractivity contribution in [2.24, 2.45) is 0 Å². The third-order valence-corrected chi connectivity index (χ3v) is 4.06. The standard InChI is InChI=1S/C14H21N8.HI/c1-3-4-22(2)5-11(13-17-7-15-8-18-13)21-12(6-22)14-19-9-16-10-20-14;/h7-12,21H,3-6H2,1-2H3;1H/q+1;/p-1. The lowest BCUT2D eigenvalue weighted by atomic mass is 10.1. The Labute approximate surface area is 152 Å². The molecule has 3 rings (SSSR count). The molecule has 0 amide bonds. The van der Waals surface area contributed by atoms with Crippen LogP contribution in [0.2, 0.25) is 0 Å². The molecule has 0 radical (unpaired) electrons. The molecule has 2 unspecified atom stereocenters. The van der Waals surface area contributed by atoms with Crippen molar-refractivity contribution in [2.45, 2.75) is 25.4 Å². The molecule has 2 aromatic rings. The van der Waals surface area contributed by atoms with Gasteiger partial charge in [-0.15, -0.1) is 0 Å². The van der Waals surface area contributed by atoms with E-state index in [-0.39, 0.29) is 36.1 Å². The van der Waals surface area contributed by atoms with Crippen LogP contribution in [0.25, 0.3) is 0 Å². The SMILES string of the molecule is CCC[N+]1(C)CC(c2ncncn2)NC(c2ncncn2)C1.[I-]. The highest BCUT2D eigenvalue weighted by molar-refractivity contribution is 5.01. The van der Waals surface area contributed by atoms with Crippen LogP contribution in [0, 0.1) is 0 Å². The molecule has 0 saturated carbocycles. The third-order valence-electron chi connectivity index (χ3n) is 4.06. The summed E-state index contributed by atoms with van der Waals surface area (Å²) in [6, 6.07) is 0.130. The predicted molar refractivity (Wildman–Crippen MR) is 79.3 cm³/mol. The van der Waals surface area contributed by atoms with Crippen molar-refractivity contribution in [2.75, 3.05) is 26.7 Å². The first kappa shape index (κ1) is 18.0. The highest BCUT2D eigenvalue weighted by Crippen LogP contribution is 2.27. The number of nitrogens with zero attached hydrogens (tertiary/aromatic N) is 7. The Bertz CT molecular complexity index is 549. The first-order valence-corrected chi connectivity index (χ1v) is 7.53. The van der Waals surface area contributed by atoms with Crippen molar-refractivity contribution < 1.29 is 28.5 Å². The van der Waals surface area contributed by atoms with Crippen molar-refractivity contribution in [1.82, 2.24) is 35.2 Å². The Balaban J connectivity index is 0.00000192. The Hall–Kier alpha value is -1.33. The second kappa shape index (κ2) is 7.97. The van der Waals surface area contributed by atoms with Crippen molar-refractivity contribution in [3.05, 3.63) is 37.0 Å². The topological polar surface area (TPSA) is 89.4 Å². The number of aromatic nitrogens is 6. The van der Waals surface area contributed by atoms with Crippen LogP contribution in [0.4, 0.5) is 0 Å². The van der Waals surface area contributed by atoms with Crippen molar-refractivity contribution in [3.8, 4) is 0 Å². The van der Waals surface area contributed by atoms with Gasteiger partial charge in [0.15, 0.2) is 11.6 Å². The summed E-state index contributed by atoms with van der Waals surface area (Å²) in [5, 5.41) is 3.58. The number of rotatable bonds is 4. The van der Waals surface area contributed by atoms with Crippen LogP contribution in [0.1, 0.15) is 37.1 Å². The lowest BCUT2D eigenvalue weighted by Gasteiger charge is -2.44. The average Bonchev–Trinajstić information content (AvgIpc) is 2.56. The largest absolute Gasteiger partial charge is 1.00 e. The maximum Gasteiger partial charge on any atom is 0.154 e. The van der Waals surface area contributed by atoms with E-state index < -0.39 is 0 Å². The number of likely N-dealkylation sites (N-methyl/N-ethyl adjacent to an activating group) is 1. The van der Waals surface area contributed by atoms with Gasteiger partial charge in [-0.05, 0) is 6.42 Å². The Morgan fingerprint density at radius 1 is 0.957 bits per heavy atom. The number of hydrogen-bond donors (Lipinski definition) is 1. The molecule has 2 atom stereocenters. The molecule has 1 N–H and O–H groups in total. The molecule has 1 aliphatic heterocycles. The van der Waals surface area contributed by atoms with E-state index in [1.54, 1.807) is 25.3 Å². The van der Waals surface area contributed by atoms with E-state index in [0.29, 0.717) is 0 Å². The van der Waals surface area contributed by atoms with Gasteiger partial charge in [0.25, 0.3) is 0 Å². The van der Waals surface area contributed by atoms with E-state index in [1.807, 2.05) is 0 Å². The quantitative estimate of drug-likeness (QED) is 0.419. The molecule has 1 saturated heterocycles. The van der Waals surface area contributed by atoms with E-state index >= 15 is 0 Å². The molecule has 2 aromatic heterocycles. The summed E-state index contributed by atoms with van der Waals surface area (Å²) in [5.41, 5.74) is 0. The fraction of sp³-hybridized carbons (Fsp3) is 0.571. The van der Waals surface area contributed by atoms with Crippen LogP contribution in [-0.2, 0) is 0 Å². The molecule has 0 bridgehead atoms. The fourth-order valence-corrected chi connectivity index (χ4v) is 3.20. The molecular weight excluding hydrogens is 407 g/mol. The zero-order chi connectivity index (χ0) is 15.4. The molecule has 0 spiro atoms. The summed E-state index contributed by atoms with van der Waals surface area (Å²) in [6.07, 6.45) is 7.30. The van der Waals surface area contributed by atoms with E-state index in [1.165, 1.54) is 0 Å². The normalized spacial score (nSPS) is 27.2. The van der Waals surface area contributed by atoms with E-state index in [2.05, 4.69) is 49.2 Å². The summed E-state index contributed by atoms with van der Waals surface area (Å²) < 4.78 is 0.941. The van der Waals surface area contributed by atoms with Crippen LogP contribution >= 0.6 is 0 Å².